The molecule has 2 rings (SSSR count). The summed E-state index contributed by atoms with van der Waals surface area (Å²) in [6.07, 6.45) is 1.02. The third-order valence-corrected chi connectivity index (χ3v) is 4.69. The summed E-state index contributed by atoms with van der Waals surface area (Å²) in [7, 11) is 0. The van der Waals surface area contributed by atoms with Crippen LogP contribution >= 0.6 is 33.9 Å². The van der Waals surface area contributed by atoms with E-state index >= 15 is 0 Å². The number of rotatable bonds is 2. The number of aliphatic hydroxyl groups excluding tert-OH is 1. The first-order chi connectivity index (χ1) is 6.77. The molecule has 0 saturated carbocycles. The Morgan fingerprint density at radius 2 is 2.21 bits per heavy atom. The first-order valence-corrected chi connectivity index (χ1v) is 6.47. The largest absolute Gasteiger partial charge is 0.392 e. The van der Waals surface area contributed by atoms with Crippen LogP contribution in [0.2, 0.25) is 0 Å². The smallest absolute Gasteiger partial charge is 0.0721 e. The van der Waals surface area contributed by atoms with Crippen molar-refractivity contribution < 1.29 is 5.11 Å². The third-order valence-electron chi connectivity index (χ3n) is 2.39. The number of aryl methyl sites for hydroxylation is 1. The molecule has 0 bridgehead atoms. The van der Waals surface area contributed by atoms with Crippen LogP contribution in [0.3, 0.4) is 0 Å². The van der Waals surface area contributed by atoms with Crippen molar-refractivity contribution in [3.63, 3.8) is 0 Å². The fourth-order valence-electron chi connectivity index (χ4n) is 1.70. The van der Waals surface area contributed by atoms with Gasteiger partial charge in [0.2, 0.25) is 0 Å². The summed E-state index contributed by atoms with van der Waals surface area (Å²) in [5.41, 5.74) is 2.44. The van der Waals surface area contributed by atoms with Crippen LogP contribution < -0.4 is 0 Å². The Morgan fingerprint density at radius 3 is 2.86 bits per heavy atom. The fourth-order valence-corrected chi connectivity index (χ4v) is 3.83. The van der Waals surface area contributed by atoms with E-state index in [1.165, 1.54) is 18.5 Å². The van der Waals surface area contributed by atoms with Crippen LogP contribution in [0.1, 0.15) is 18.1 Å². The van der Waals surface area contributed by atoms with Crippen LogP contribution in [-0.4, -0.2) is 5.11 Å². The highest BCUT2D eigenvalue weighted by atomic mass is 127. The van der Waals surface area contributed by atoms with Gasteiger partial charge in [-0.05, 0) is 40.6 Å². The molecule has 0 aliphatic carbocycles. The molecule has 0 atom stereocenters. The second-order valence-electron chi connectivity index (χ2n) is 3.16. The normalized spacial score (nSPS) is 11.1. The van der Waals surface area contributed by atoms with Gasteiger partial charge in [-0.3, -0.25) is 0 Å². The molecule has 1 heterocycles. The summed E-state index contributed by atoms with van der Waals surface area (Å²) in [5, 5.41) is 10.6. The average Bonchev–Trinajstić information content (AvgIpc) is 2.52. The highest BCUT2D eigenvalue weighted by Crippen LogP contribution is 2.34. The summed E-state index contributed by atoms with van der Waals surface area (Å²) >= 11 is 4.06. The highest BCUT2D eigenvalue weighted by molar-refractivity contribution is 14.1. The Hall–Kier alpha value is -0.130. The van der Waals surface area contributed by atoms with Crippen molar-refractivity contribution >= 4 is 44.0 Å². The number of hydrogen-bond acceptors (Lipinski definition) is 2. The minimum Gasteiger partial charge on any atom is -0.392 e. The molecule has 1 N–H and O–H groups in total. The van der Waals surface area contributed by atoms with Crippen LogP contribution in [0.15, 0.2) is 18.2 Å². The van der Waals surface area contributed by atoms with E-state index in [4.69, 9.17) is 0 Å². The van der Waals surface area contributed by atoms with E-state index in [2.05, 4.69) is 47.7 Å². The Balaban J connectivity index is 2.82. The molecule has 0 saturated heterocycles. The number of thiophene rings is 1. The fraction of sp³-hybridized carbons (Fsp3) is 0.273. The van der Waals surface area contributed by atoms with Gasteiger partial charge in [-0.25, -0.2) is 0 Å². The topological polar surface area (TPSA) is 20.2 Å². The predicted octanol–water partition coefficient (Wildman–Crippen LogP) is 3.56. The Morgan fingerprint density at radius 1 is 1.43 bits per heavy atom. The molecule has 0 unspecified atom stereocenters. The number of hydrogen-bond donors (Lipinski definition) is 1. The van der Waals surface area contributed by atoms with E-state index in [1.807, 2.05) is 0 Å². The maximum absolute atomic E-state index is 9.33. The lowest BCUT2D eigenvalue weighted by Crippen LogP contribution is -1.87. The Bertz CT molecular complexity index is 462. The van der Waals surface area contributed by atoms with Crippen molar-refractivity contribution in [2.45, 2.75) is 20.0 Å². The molecule has 0 spiro atoms. The molecule has 0 aliphatic heterocycles. The van der Waals surface area contributed by atoms with Crippen LogP contribution in [0.5, 0.6) is 0 Å². The van der Waals surface area contributed by atoms with Crippen molar-refractivity contribution in [1.82, 2.24) is 0 Å². The molecule has 0 aliphatic rings. The summed E-state index contributed by atoms with van der Waals surface area (Å²) in [6.45, 7) is 2.30. The highest BCUT2D eigenvalue weighted by Gasteiger charge is 2.11. The summed E-state index contributed by atoms with van der Waals surface area (Å²) in [6, 6.07) is 6.36. The number of halogens is 1. The van der Waals surface area contributed by atoms with Crippen molar-refractivity contribution in [1.29, 1.82) is 0 Å². The van der Waals surface area contributed by atoms with E-state index in [1.54, 1.807) is 11.3 Å². The maximum atomic E-state index is 9.33. The second-order valence-corrected chi connectivity index (χ2v) is 6.02. The zero-order valence-electron chi connectivity index (χ0n) is 7.88. The molecule has 14 heavy (non-hydrogen) atoms. The second kappa shape index (κ2) is 4.16. The van der Waals surface area contributed by atoms with E-state index < -0.39 is 0 Å². The first kappa shape index (κ1) is 10.4. The van der Waals surface area contributed by atoms with E-state index in [0.29, 0.717) is 0 Å². The molecule has 1 aromatic carbocycles. The van der Waals surface area contributed by atoms with E-state index in [9.17, 15) is 5.11 Å². The van der Waals surface area contributed by atoms with Gasteiger partial charge in [0, 0.05) is 15.6 Å². The molecular formula is C11H11IOS. The van der Waals surface area contributed by atoms with Crippen molar-refractivity contribution in [2.75, 3.05) is 0 Å². The lowest BCUT2D eigenvalue weighted by atomic mass is 10.1. The summed E-state index contributed by atoms with van der Waals surface area (Å²) < 4.78 is 2.50. The minimum atomic E-state index is 0.148. The minimum absolute atomic E-state index is 0.148. The lowest BCUT2D eigenvalue weighted by Gasteiger charge is -2.01. The predicted molar refractivity (Wildman–Crippen MR) is 69.8 cm³/mol. The number of benzene rings is 1. The standard InChI is InChI=1S/C11H11IOS/c1-2-7-4-3-5-9-10(7)8(6-13)11(12)14-9/h3-5,13H,2,6H2,1H3. The van der Waals surface area contributed by atoms with Crippen molar-refractivity contribution in [2.24, 2.45) is 0 Å². The third kappa shape index (κ3) is 1.57. The zero-order valence-corrected chi connectivity index (χ0v) is 10.9. The number of aliphatic hydroxyl groups is 1. The van der Waals surface area contributed by atoms with Gasteiger partial charge < -0.3 is 5.11 Å². The van der Waals surface area contributed by atoms with Crippen molar-refractivity contribution in [3.8, 4) is 0 Å². The molecule has 1 nitrogen and oxygen atoms in total. The quantitative estimate of drug-likeness (QED) is 0.840. The first-order valence-electron chi connectivity index (χ1n) is 4.57. The van der Waals surface area contributed by atoms with E-state index in [0.717, 1.165) is 12.0 Å². The number of fused-ring (bicyclic) bond motifs is 1. The van der Waals surface area contributed by atoms with Crippen LogP contribution in [0.4, 0.5) is 0 Å². The SMILES string of the molecule is CCc1cccc2sc(I)c(CO)c12. The van der Waals surface area contributed by atoms with Crippen molar-refractivity contribution in [3.05, 3.63) is 32.2 Å². The molecule has 74 valence electrons. The Kier molecular flexibility index (Phi) is 3.09. The van der Waals surface area contributed by atoms with E-state index in [-0.39, 0.29) is 6.61 Å². The molecule has 0 radical (unpaired) electrons. The van der Waals surface area contributed by atoms with Gasteiger partial charge in [-0.15, -0.1) is 11.3 Å². The van der Waals surface area contributed by atoms with Crippen LogP contribution in [-0.2, 0) is 13.0 Å². The van der Waals surface area contributed by atoms with Gasteiger partial charge in [0.25, 0.3) is 0 Å². The maximum Gasteiger partial charge on any atom is 0.0721 e. The van der Waals surface area contributed by atoms with Crippen LogP contribution in [0.25, 0.3) is 10.1 Å². The summed E-state index contributed by atoms with van der Waals surface area (Å²) in [4.78, 5) is 0. The van der Waals surface area contributed by atoms with Gasteiger partial charge in [-0.2, -0.15) is 0 Å². The molecule has 2 aromatic rings. The van der Waals surface area contributed by atoms with Gasteiger partial charge in [0.05, 0.1) is 9.49 Å². The zero-order chi connectivity index (χ0) is 10.1. The molecule has 0 fully saturated rings. The summed E-state index contributed by atoms with van der Waals surface area (Å²) in [5.74, 6) is 0. The molecule has 0 amide bonds. The van der Waals surface area contributed by atoms with Gasteiger partial charge >= 0.3 is 0 Å². The monoisotopic (exact) mass is 318 g/mol. The lowest BCUT2D eigenvalue weighted by molar-refractivity contribution is 0.283. The van der Waals surface area contributed by atoms with Crippen LogP contribution in [0, 0.1) is 2.88 Å². The molecular weight excluding hydrogens is 307 g/mol. The molecule has 1 aromatic heterocycles. The van der Waals surface area contributed by atoms with Gasteiger partial charge in [0.15, 0.2) is 0 Å². The van der Waals surface area contributed by atoms with Gasteiger partial charge in [0.1, 0.15) is 0 Å². The Labute approximate surface area is 101 Å². The van der Waals surface area contributed by atoms with Gasteiger partial charge in [-0.1, -0.05) is 19.1 Å². The molecule has 3 heteroatoms. The average molecular weight is 318 g/mol.